The maximum Gasteiger partial charge on any atom is 0.193 e. The minimum atomic E-state index is 0.705. The third-order valence-electron chi connectivity index (χ3n) is 5.79. The van der Waals surface area contributed by atoms with E-state index in [4.69, 9.17) is 4.98 Å². The van der Waals surface area contributed by atoms with Crippen LogP contribution in [-0.2, 0) is 19.5 Å². The Kier molecular flexibility index (Phi) is 8.07. The van der Waals surface area contributed by atoms with Gasteiger partial charge in [0, 0.05) is 39.1 Å². The van der Waals surface area contributed by atoms with Gasteiger partial charge in [0.05, 0.1) is 10.7 Å². The summed E-state index contributed by atoms with van der Waals surface area (Å²) in [4.78, 5) is 14.0. The summed E-state index contributed by atoms with van der Waals surface area (Å²) >= 11 is 1.79. The molecule has 1 saturated heterocycles. The summed E-state index contributed by atoms with van der Waals surface area (Å²) in [6, 6.07) is 8.56. The number of likely N-dealkylation sites (tertiary alicyclic amines) is 1. The smallest absolute Gasteiger partial charge is 0.193 e. The van der Waals surface area contributed by atoms with Crippen molar-refractivity contribution in [1.82, 2.24) is 20.1 Å². The van der Waals surface area contributed by atoms with Gasteiger partial charge in [-0.2, -0.15) is 0 Å². The van der Waals surface area contributed by atoms with Crippen LogP contribution in [0.3, 0.4) is 0 Å². The topological polar surface area (TPSA) is 43.8 Å². The maximum absolute atomic E-state index is 4.72. The Morgan fingerprint density at radius 3 is 2.72 bits per heavy atom. The zero-order chi connectivity index (χ0) is 20.6. The SMILES string of the molecule is CCc1nc(CN2CCC(CNC(=NC)N(C)Cc3ccccc3C)CC2)cs1. The molecule has 5 nitrogen and oxygen atoms in total. The van der Waals surface area contributed by atoms with Gasteiger partial charge in [0.15, 0.2) is 5.96 Å². The van der Waals surface area contributed by atoms with E-state index in [9.17, 15) is 0 Å². The lowest BCUT2D eigenvalue weighted by Gasteiger charge is -2.32. The van der Waals surface area contributed by atoms with Crippen molar-refractivity contribution in [1.29, 1.82) is 0 Å². The van der Waals surface area contributed by atoms with Gasteiger partial charge in [-0.15, -0.1) is 11.3 Å². The molecule has 0 spiro atoms. The number of hydrogen-bond acceptors (Lipinski definition) is 4. The van der Waals surface area contributed by atoms with Gasteiger partial charge in [-0.1, -0.05) is 31.2 Å². The zero-order valence-electron chi connectivity index (χ0n) is 18.3. The lowest BCUT2D eigenvalue weighted by atomic mass is 9.97. The highest BCUT2D eigenvalue weighted by Crippen LogP contribution is 2.20. The Hall–Kier alpha value is -1.92. The van der Waals surface area contributed by atoms with E-state index in [2.05, 4.69) is 70.6 Å². The first-order valence-corrected chi connectivity index (χ1v) is 11.6. The molecule has 0 aliphatic carbocycles. The van der Waals surface area contributed by atoms with Gasteiger partial charge in [0.25, 0.3) is 0 Å². The molecule has 1 aliphatic heterocycles. The molecule has 1 fully saturated rings. The van der Waals surface area contributed by atoms with Crippen molar-refractivity contribution in [2.45, 2.75) is 46.2 Å². The summed E-state index contributed by atoms with van der Waals surface area (Å²) in [6.07, 6.45) is 3.50. The third kappa shape index (κ3) is 6.28. The summed E-state index contributed by atoms with van der Waals surface area (Å²) in [5.74, 6) is 1.68. The number of thiazole rings is 1. The van der Waals surface area contributed by atoms with Crippen LogP contribution in [0.15, 0.2) is 34.6 Å². The number of aromatic nitrogens is 1. The van der Waals surface area contributed by atoms with Crippen molar-refractivity contribution in [3.05, 3.63) is 51.5 Å². The molecule has 0 bridgehead atoms. The van der Waals surface area contributed by atoms with E-state index in [0.717, 1.165) is 45.1 Å². The summed E-state index contributed by atoms with van der Waals surface area (Å²) in [5, 5.41) is 7.07. The van der Waals surface area contributed by atoms with E-state index in [1.807, 2.05) is 7.05 Å². The fraction of sp³-hybridized carbons (Fsp3) is 0.565. The second-order valence-corrected chi connectivity index (χ2v) is 8.96. The van der Waals surface area contributed by atoms with Crippen LogP contribution in [0, 0.1) is 12.8 Å². The predicted octanol–water partition coefficient (Wildman–Crippen LogP) is 3.93. The number of piperidine rings is 1. The van der Waals surface area contributed by atoms with E-state index in [-0.39, 0.29) is 0 Å². The van der Waals surface area contributed by atoms with E-state index in [1.54, 1.807) is 11.3 Å². The van der Waals surface area contributed by atoms with Crippen LogP contribution in [0.4, 0.5) is 0 Å². The Labute approximate surface area is 179 Å². The van der Waals surface area contributed by atoms with Crippen LogP contribution in [0.25, 0.3) is 0 Å². The quantitative estimate of drug-likeness (QED) is 0.552. The molecule has 1 N–H and O–H groups in total. The average molecular weight is 414 g/mol. The summed E-state index contributed by atoms with van der Waals surface area (Å²) in [5.41, 5.74) is 3.91. The molecule has 1 aromatic carbocycles. The minimum absolute atomic E-state index is 0.705. The highest BCUT2D eigenvalue weighted by atomic mass is 32.1. The molecule has 1 aromatic heterocycles. The fourth-order valence-electron chi connectivity index (χ4n) is 3.90. The van der Waals surface area contributed by atoms with Crippen LogP contribution in [0.2, 0.25) is 0 Å². The first-order valence-electron chi connectivity index (χ1n) is 10.7. The lowest BCUT2D eigenvalue weighted by molar-refractivity contribution is 0.176. The van der Waals surface area contributed by atoms with Gasteiger partial charge in [-0.05, 0) is 56.3 Å². The molecule has 0 atom stereocenters. The van der Waals surface area contributed by atoms with E-state index >= 15 is 0 Å². The largest absolute Gasteiger partial charge is 0.356 e. The van der Waals surface area contributed by atoms with Crippen LogP contribution < -0.4 is 5.32 Å². The molecule has 29 heavy (non-hydrogen) atoms. The number of nitrogens with one attached hydrogen (secondary N) is 1. The molecule has 3 rings (SSSR count). The minimum Gasteiger partial charge on any atom is -0.356 e. The molecular formula is C23H35N5S. The van der Waals surface area contributed by atoms with Gasteiger partial charge in [-0.3, -0.25) is 9.89 Å². The van der Waals surface area contributed by atoms with Crippen molar-refractivity contribution in [2.24, 2.45) is 10.9 Å². The Morgan fingerprint density at radius 2 is 2.07 bits per heavy atom. The van der Waals surface area contributed by atoms with Crippen molar-refractivity contribution in [2.75, 3.05) is 33.7 Å². The molecular weight excluding hydrogens is 378 g/mol. The first-order chi connectivity index (χ1) is 14.1. The average Bonchev–Trinajstić information content (AvgIpc) is 3.19. The van der Waals surface area contributed by atoms with Gasteiger partial charge in [0.1, 0.15) is 0 Å². The standard InChI is InChI=1S/C23H35N5S/c1-5-22-26-21(17-29-22)16-28-12-10-19(11-13-28)14-25-23(24-3)27(4)15-20-9-7-6-8-18(20)2/h6-9,17,19H,5,10-16H2,1-4H3,(H,24,25). The zero-order valence-corrected chi connectivity index (χ0v) is 19.1. The molecule has 0 saturated carbocycles. The lowest BCUT2D eigenvalue weighted by Crippen LogP contribution is -2.43. The van der Waals surface area contributed by atoms with Gasteiger partial charge in [-0.25, -0.2) is 4.98 Å². The van der Waals surface area contributed by atoms with Crippen LogP contribution in [-0.4, -0.2) is 54.5 Å². The number of aliphatic imine (C=N–C) groups is 1. The number of benzene rings is 1. The Bertz CT molecular complexity index is 792. The molecule has 2 aromatic rings. The normalized spacial score (nSPS) is 16.2. The number of rotatable bonds is 7. The number of hydrogen-bond donors (Lipinski definition) is 1. The van der Waals surface area contributed by atoms with E-state index in [0.29, 0.717) is 5.92 Å². The van der Waals surface area contributed by atoms with Gasteiger partial charge >= 0.3 is 0 Å². The summed E-state index contributed by atoms with van der Waals surface area (Å²) < 4.78 is 0. The molecule has 0 amide bonds. The number of aryl methyl sites for hydroxylation is 2. The van der Waals surface area contributed by atoms with Crippen molar-refractivity contribution in [3.63, 3.8) is 0 Å². The second kappa shape index (κ2) is 10.7. The molecule has 2 heterocycles. The first kappa shape index (κ1) is 21.8. The third-order valence-corrected chi connectivity index (χ3v) is 6.83. The maximum atomic E-state index is 4.72. The molecule has 158 valence electrons. The molecule has 1 aliphatic rings. The summed E-state index contributed by atoms with van der Waals surface area (Å²) in [7, 11) is 3.99. The van der Waals surface area contributed by atoms with Crippen LogP contribution in [0.5, 0.6) is 0 Å². The van der Waals surface area contributed by atoms with E-state index < -0.39 is 0 Å². The Balaban J connectivity index is 1.42. The van der Waals surface area contributed by atoms with Crippen molar-refractivity contribution >= 4 is 17.3 Å². The van der Waals surface area contributed by atoms with Crippen LogP contribution >= 0.6 is 11.3 Å². The number of nitrogens with zero attached hydrogens (tertiary/aromatic N) is 4. The fourth-order valence-corrected chi connectivity index (χ4v) is 4.64. The summed E-state index contributed by atoms with van der Waals surface area (Å²) in [6.45, 7) is 9.52. The Morgan fingerprint density at radius 1 is 1.31 bits per heavy atom. The van der Waals surface area contributed by atoms with Crippen molar-refractivity contribution < 1.29 is 0 Å². The predicted molar refractivity (Wildman–Crippen MR) is 124 cm³/mol. The van der Waals surface area contributed by atoms with E-state index in [1.165, 1.54) is 34.7 Å². The highest BCUT2D eigenvalue weighted by molar-refractivity contribution is 7.09. The number of guanidine groups is 1. The molecule has 0 radical (unpaired) electrons. The van der Waals surface area contributed by atoms with Crippen LogP contribution in [0.1, 0.15) is 41.6 Å². The molecule has 6 heteroatoms. The van der Waals surface area contributed by atoms with Gasteiger partial charge < -0.3 is 10.2 Å². The van der Waals surface area contributed by atoms with Crippen molar-refractivity contribution in [3.8, 4) is 0 Å². The monoisotopic (exact) mass is 413 g/mol. The second-order valence-electron chi connectivity index (χ2n) is 8.02. The highest BCUT2D eigenvalue weighted by Gasteiger charge is 2.20. The molecule has 0 unspecified atom stereocenters. The van der Waals surface area contributed by atoms with Gasteiger partial charge in [0.2, 0.25) is 0 Å².